The molecule has 2 saturated heterocycles. The Balaban J connectivity index is 1.53. The van der Waals surface area contributed by atoms with Gasteiger partial charge in [0, 0.05) is 39.4 Å². The molecule has 2 heterocycles. The Morgan fingerprint density at radius 2 is 1.94 bits per heavy atom. The fraction of sp³-hybridized carbons (Fsp3) is 1.00. The van der Waals surface area contributed by atoms with E-state index in [-0.39, 0.29) is 5.60 Å². The molecule has 0 spiro atoms. The number of ether oxygens (including phenoxy) is 2. The van der Waals surface area contributed by atoms with Crippen LogP contribution in [0.4, 0.5) is 0 Å². The maximum absolute atomic E-state index is 5.84. The largest absolute Gasteiger partial charge is 0.381 e. The average Bonchev–Trinajstić information content (AvgIpc) is 2.27. The zero-order valence-corrected chi connectivity index (χ0v) is 11.2. The molecule has 4 heteroatoms. The summed E-state index contributed by atoms with van der Waals surface area (Å²) in [7, 11) is 0. The van der Waals surface area contributed by atoms with E-state index in [2.05, 4.69) is 24.5 Å². The zero-order chi connectivity index (χ0) is 12.2. The average molecular weight is 242 g/mol. The molecule has 0 aromatic carbocycles. The third-order valence-electron chi connectivity index (χ3n) is 3.98. The van der Waals surface area contributed by atoms with Gasteiger partial charge in [0.2, 0.25) is 0 Å². The van der Waals surface area contributed by atoms with Gasteiger partial charge >= 0.3 is 0 Å². The van der Waals surface area contributed by atoms with E-state index in [0.717, 1.165) is 46.0 Å². The van der Waals surface area contributed by atoms with Gasteiger partial charge in [0.15, 0.2) is 0 Å². The van der Waals surface area contributed by atoms with Crippen LogP contribution in [0.3, 0.4) is 0 Å². The van der Waals surface area contributed by atoms with Gasteiger partial charge in [-0.25, -0.2) is 0 Å². The van der Waals surface area contributed by atoms with Gasteiger partial charge in [0.25, 0.3) is 0 Å². The Labute approximate surface area is 104 Å². The monoisotopic (exact) mass is 242 g/mol. The first-order valence-corrected chi connectivity index (χ1v) is 6.75. The van der Waals surface area contributed by atoms with Crippen LogP contribution in [-0.4, -0.2) is 51.6 Å². The molecule has 4 nitrogen and oxygen atoms in total. The van der Waals surface area contributed by atoms with Gasteiger partial charge in [-0.2, -0.15) is 0 Å². The summed E-state index contributed by atoms with van der Waals surface area (Å²) in [5, 5.41) is 6.76. The molecule has 2 N–H and O–H groups in total. The first-order chi connectivity index (χ1) is 8.12. The molecule has 0 aromatic rings. The number of rotatable bonds is 6. The summed E-state index contributed by atoms with van der Waals surface area (Å²) in [4.78, 5) is 0. The van der Waals surface area contributed by atoms with Gasteiger partial charge < -0.3 is 20.1 Å². The van der Waals surface area contributed by atoms with Crippen molar-refractivity contribution in [3.63, 3.8) is 0 Å². The quantitative estimate of drug-likeness (QED) is 0.675. The van der Waals surface area contributed by atoms with Gasteiger partial charge in [-0.15, -0.1) is 0 Å². The number of hydrogen-bond donors (Lipinski definition) is 2. The lowest BCUT2D eigenvalue weighted by Crippen LogP contribution is -2.59. The third-order valence-corrected chi connectivity index (χ3v) is 3.98. The van der Waals surface area contributed by atoms with E-state index in [4.69, 9.17) is 9.47 Å². The Hall–Kier alpha value is -0.160. The molecule has 0 amide bonds. The van der Waals surface area contributed by atoms with Crippen molar-refractivity contribution in [2.75, 3.05) is 46.0 Å². The predicted molar refractivity (Wildman–Crippen MR) is 68.3 cm³/mol. The predicted octanol–water partition coefficient (Wildman–Crippen LogP) is 0.771. The SMILES string of the molecule is CC1(CNCCOC2(C)CNC2)CCOCC1. The molecular formula is C13H26N2O2. The van der Waals surface area contributed by atoms with Crippen LogP contribution in [0.2, 0.25) is 0 Å². The fourth-order valence-electron chi connectivity index (χ4n) is 2.38. The van der Waals surface area contributed by atoms with Crippen LogP contribution in [0.1, 0.15) is 26.7 Å². The minimum atomic E-state index is 0.0876. The van der Waals surface area contributed by atoms with E-state index in [1.54, 1.807) is 0 Å². The first kappa shape index (κ1) is 13.3. The zero-order valence-electron chi connectivity index (χ0n) is 11.2. The molecule has 2 aliphatic heterocycles. The molecule has 0 unspecified atom stereocenters. The second-order valence-corrected chi connectivity index (χ2v) is 6.00. The van der Waals surface area contributed by atoms with Crippen LogP contribution in [0.25, 0.3) is 0 Å². The smallest absolute Gasteiger partial charge is 0.0902 e. The van der Waals surface area contributed by atoms with E-state index in [1.165, 1.54) is 12.8 Å². The Morgan fingerprint density at radius 1 is 1.24 bits per heavy atom. The minimum absolute atomic E-state index is 0.0876. The second kappa shape index (κ2) is 5.65. The highest BCUT2D eigenvalue weighted by atomic mass is 16.5. The molecule has 0 aliphatic carbocycles. The Kier molecular flexibility index (Phi) is 4.42. The van der Waals surface area contributed by atoms with E-state index in [1.807, 2.05) is 0 Å². The topological polar surface area (TPSA) is 42.5 Å². The van der Waals surface area contributed by atoms with Crippen molar-refractivity contribution in [2.24, 2.45) is 5.41 Å². The van der Waals surface area contributed by atoms with E-state index in [0.29, 0.717) is 5.41 Å². The molecule has 100 valence electrons. The molecule has 0 atom stereocenters. The molecule has 0 saturated carbocycles. The van der Waals surface area contributed by atoms with E-state index < -0.39 is 0 Å². The van der Waals surface area contributed by atoms with Crippen molar-refractivity contribution in [1.82, 2.24) is 10.6 Å². The van der Waals surface area contributed by atoms with E-state index >= 15 is 0 Å². The highest BCUT2D eigenvalue weighted by molar-refractivity contribution is 4.90. The van der Waals surface area contributed by atoms with Gasteiger partial charge in [-0.05, 0) is 25.2 Å². The molecule has 0 bridgehead atoms. The third kappa shape index (κ3) is 3.91. The maximum atomic E-state index is 5.84. The lowest BCUT2D eigenvalue weighted by atomic mass is 9.82. The van der Waals surface area contributed by atoms with Crippen LogP contribution in [-0.2, 0) is 9.47 Å². The number of hydrogen-bond acceptors (Lipinski definition) is 4. The lowest BCUT2D eigenvalue weighted by Gasteiger charge is -2.39. The molecule has 0 radical (unpaired) electrons. The van der Waals surface area contributed by atoms with Gasteiger partial charge in [0.05, 0.1) is 12.2 Å². The van der Waals surface area contributed by atoms with Crippen molar-refractivity contribution in [1.29, 1.82) is 0 Å². The van der Waals surface area contributed by atoms with Crippen molar-refractivity contribution >= 4 is 0 Å². The highest BCUT2D eigenvalue weighted by Gasteiger charge is 2.32. The molecule has 17 heavy (non-hydrogen) atoms. The first-order valence-electron chi connectivity index (χ1n) is 6.75. The van der Waals surface area contributed by atoms with Crippen molar-refractivity contribution in [3.8, 4) is 0 Å². The summed E-state index contributed by atoms with van der Waals surface area (Å²) >= 11 is 0. The van der Waals surface area contributed by atoms with Crippen LogP contribution < -0.4 is 10.6 Å². The van der Waals surface area contributed by atoms with Crippen molar-refractivity contribution in [3.05, 3.63) is 0 Å². The van der Waals surface area contributed by atoms with Crippen LogP contribution in [0, 0.1) is 5.41 Å². The standard InChI is InChI=1S/C13H26N2O2/c1-12(3-6-16-7-4-12)9-14-5-8-17-13(2)10-15-11-13/h14-15H,3-11H2,1-2H3. The fourth-order valence-corrected chi connectivity index (χ4v) is 2.38. The Bertz CT molecular complexity index is 236. The Morgan fingerprint density at radius 3 is 2.53 bits per heavy atom. The molecule has 2 rings (SSSR count). The van der Waals surface area contributed by atoms with Gasteiger partial charge in [0.1, 0.15) is 0 Å². The number of nitrogens with one attached hydrogen (secondary N) is 2. The molecule has 2 aliphatic rings. The summed E-state index contributed by atoms with van der Waals surface area (Å²) in [6.07, 6.45) is 2.34. The highest BCUT2D eigenvalue weighted by Crippen LogP contribution is 2.28. The van der Waals surface area contributed by atoms with Crippen LogP contribution in [0.5, 0.6) is 0 Å². The van der Waals surface area contributed by atoms with Crippen LogP contribution in [0.15, 0.2) is 0 Å². The van der Waals surface area contributed by atoms with Gasteiger partial charge in [-0.3, -0.25) is 0 Å². The normalized spacial score (nSPS) is 26.5. The second-order valence-electron chi connectivity index (χ2n) is 6.00. The van der Waals surface area contributed by atoms with E-state index in [9.17, 15) is 0 Å². The van der Waals surface area contributed by atoms with Crippen molar-refractivity contribution < 1.29 is 9.47 Å². The summed E-state index contributed by atoms with van der Waals surface area (Å²) in [5.41, 5.74) is 0.504. The van der Waals surface area contributed by atoms with Crippen LogP contribution >= 0.6 is 0 Å². The molecule has 2 fully saturated rings. The lowest BCUT2D eigenvalue weighted by molar-refractivity contribution is -0.0655. The summed E-state index contributed by atoms with van der Waals surface area (Å²) < 4.78 is 11.2. The maximum Gasteiger partial charge on any atom is 0.0902 e. The summed E-state index contributed by atoms with van der Waals surface area (Å²) in [5.74, 6) is 0. The summed E-state index contributed by atoms with van der Waals surface area (Å²) in [6, 6.07) is 0. The molecule has 0 aromatic heterocycles. The van der Waals surface area contributed by atoms with Crippen molar-refractivity contribution in [2.45, 2.75) is 32.3 Å². The molecular weight excluding hydrogens is 216 g/mol. The summed E-state index contributed by atoms with van der Waals surface area (Å²) in [6.45, 7) is 11.2. The van der Waals surface area contributed by atoms with Gasteiger partial charge in [-0.1, -0.05) is 6.92 Å². The minimum Gasteiger partial charge on any atom is -0.381 e.